The van der Waals surface area contributed by atoms with E-state index in [4.69, 9.17) is 0 Å². The number of anilines is 1. The number of aromatic nitrogens is 4. The molecule has 3 heterocycles. The van der Waals surface area contributed by atoms with Crippen LogP contribution < -0.4 is 4.72 Å². The molecule has 0 amide bonds. The maximum Gasteiger partial charge on any atom is 0.266 e. The molecule has 3 aromatic rings. The average Bonchev–Trinajstić information content (AvgIpc) is 3.23. The van der Waals surface area contributed by atoms with E-state index in [2.05, 4.69) is 24.3 Å². The first-order valence-electron chi connectivity index (χ1n) is 9.22. The number of halogens is 2. The highest BCUT2D eigenvalue weighted by Gasteiger charge is 2.27. The summed E-state index contributed by atoms with van der Waals surface area (Å²) in [6.07, 6.45) is 7.28. The number of hydrogen-bond acceptors (Lipinski definition) is 8. The highest BCUT2D eigenvalue weighted by molar-refractivity contribution is 7.93. The quantitative estimate of drug-likeness (QED) is 0.613. The molecule has 1 atom stereocenters. The molecule has 4 rings (SSSR count). The monoisotopic (exact) mass is 452 g/mol. The lowest BCUT2D eigenvalue weighted by Crippen LogP contribution is -2.33. The molecule has 0 radical (unpaired) electrons. The van der Waals surface area contributed by atoms with Crippen molar-refractivity contribution < 1.29 is 17.2 Å². The van der Waals surface area contributed by atoms with Crippen molar-refractivity contribution in [3.63, 3.8) is 0 Å². The Morgan fingerprint density at radius 3 is 2.80 bits per heavy atom. The van der Waals surface area contributed by atoms with Gasteiger partial charge in [-0.15, -0.1) is 0 Å². The molecule has 0 aliphatic carbocycles. The van der Waals surface area contributed by atoms with Crippen LogP contribution in [0, 0.1) is 11.6 Å². The van der Waals surface area contributed by atoms with E-state index in [1.165, 1.54) is 0 Å². The van der Waals surface area contributed by atoms with Gasteiger partial charge in [-0.05, 0) is 43.1 Å². The Bertz CT molecular complexity index is 1110. The Labute approximate surface area is 176 Å². The number of sulfonamides is 1. The minimum atomic E-state index is -4.33. The van der Waals surface area contributed by atoms with Gasteiger partial charge in [0.2, 0.25) is 5.13 Å². The third-order valence-electron chi connectivity index (χ3n) is 4.95. The molecule has 8 nitrogen and oxygen atoms in total. The summed E-state index contributed by atoms with van der Waals surface area (Å²) < 4.78 is 60.1. The van der Waals surface area contributed by atoms with Crippen LogP contribution in [0.5, 0.6) is 0 Å². The van der Waals surface area contributed by atoms with E-state index in [1.807, 2.05) is 11.0 Å². The number of rotatable bonds is 6. The number of nitrogens with one attached hydrogen (secondary N) is 1. The van der Waals surface area contributed by atoms with Crippen LogP contribution in [0.25, 0.3) is 0 Å². The smallest absolute Gasteiger partial charge is 0.266 e. The maximum atomic E-state index is 14.8. The predicted octanol–water partition coefficient (Wildman–Crippen LogP) is 3.13. The number of benzene rings is 1. The second-order valence-corrected chi connectivity index (χ2v) is 9.31. The van der Waals surface area contributed by atoms with E-state index in [0.717, 1.165) is 48.8 Å². The number of hydrogen-bond donors (Lipinski definition) is 1. The van der Waals surface area contributed by atoms with Crippen LogP contribution in [0.3, 0.4) is 0 Å². The zero-order valence-corrected chi connectivity index (χ0v) is 17.3. The normalized spacial score (nSPS) is 17.7. The van der Waals surface area contributed by atoms with Crippen molar-refractivity contribution in [1.82, 2.24) is 24.5 Å². The summed E-state index contributed by atoms with van der Waals surface area (Å²) >= 11 is 0.795. The van der Waals surface area contributed by atoms with E-state index < -0.39 is 26.6 Å². The first kappa shape index (κ1) is 20.7. The van der Waals surface area contributed by atoms with E-state index in [-0.39, 0.29) is 23.3 Å². The summed E-state index contributed by atoms with van der Waals surface area (Å²) in [6.45, 7) is 0.868. The maximum absolute atomic E-state index is 14.8. The average molecular weight is 453 g/mol. The summed E-state index contributed by atoms with van der Waals surface area (Å²) in [4.78, 5) is 4.97. The highest BCUT2D eigenvalue weighted by Crippen LogP contribution is 2.32. The fourth-order valence-electron chi connectivity index (χ4n) is 3.56. The fourth-order valence-corrected chi connectivity index (χ4v) is 5.29. The first-order valence-corrected chi connectivity index (χ1v) is 11.5. The van der Waals surface area contributed by atoms with E-state index >= 15 is 0 Å². The summed E-state index contributed by atoms with van der Waals surface area (Å²) in [5.74, 6) is -1.81. The van der Waals surface area contributed by atoms with Gasteiger partial charge in [0, 0.05) is 35.9 Å². The molecule has 1 aliphatic heterocycles. The minimum absolute atomic E-state index is 0.0131. The first-order chi connectivity index (χ1) is 14.4. The van der Waals surface area contributed by atoms with Crippen molar-refractivity contribution in [3.05, 3.63) is 59.7 Å². The van der Waals surface area contributed by atoms with Crippen LogP contribution in [-0.2, 0) is 16.6 Å². The molecule has 158 valence electrons. The van der Waals surface area contributed by atoms with Crippen LogP contribution in [-0.4, -0.2) is 39.4 Å². The van der Waals surface area contributed by atoms with Crippen molar-refractivity contribution >= 4 is 26.7 Å². The second-order valence-electron chi connectivity index (χ2n) is 6.88. The Balaban J connectivity index is 1.58. The van der Waals surface area contributed by atoms with Crippen molar-refractivity contribution in [2.75, 3.05) is 11.3 Å². The molecule has 1 saturated heterocycles. The molecule has 2 aromatic heterocycles. The molecule has 0 bridgehead atoms. The van der Waals surface area contributed by atoms with Crippen molar-refractivity contribution in [3.8, 4) is 0 Å². The van der Waals surface area contributed by atoms with E-state index in [0.29, 0.717) is 12.6 Å². The molecule has 1 N–H and O–H groups in total. The van der Waals surface area contributed by atoms with Gasteiger partial charge >= 0.3 is 0 Å². The lowest BCUT2D eigenvalue weighted by Gasteiger charge is -2.36. The summed E-state index contributed by atoms with van der Waals surface area (Å²) in [5, 5.41) is 7.67. The topological polar surface area (TPSA) is 101 Å². The highest BCUT2D eigenvalue weighted by atomic mass is 32.2. The van der Waals surface area contributed by atoms with Gasteiger partial charge in [-0.3, -0.25) is 9.62 Å². The standard InChI is InChI=1S/C18H18F2N6O2S2/c19-14-8-17(30(27,28)25-18-21-11-24-29-18)15(20)7-13(14)10-26-6-2-1-3-16(26)12-4-5-22-23-9-12/h4-5,7-9,11,16H,1-3,6,10H2,(H,21,24,25)/t16-/m0/s1. The van der Waals surface area contributed by atoms with Crippen LogP contribution >= 0.6 is 11.5 Å². The second kappa shape index (κ2) is 8.66. The predicted molar refractivity (Wildman–Crippen MR) is 106 cm³/mol. The Morgan fingerprint density at radius 1 is 1.20 bits per heavy atom. The van der Waals surface area contributed by atoms with Crippen LogP contribution in [0.4, 0.5) is 13.9 Å². The minimum Gasteiger partial charge on any atom is -0.292 e. The molecule has 1 fully saturated rings. The molecule has 12 heteroatoms. The number of nitrogens with zero attached hydrogens (tertiary/aromatic N) is 5. The molecule has 0 saturated carbocycles. The summed E-state index contributed by atoms with van der Waals surface area (Å²) in [6, 6.07) is 3.53. The van der Waals surface area contributed by atoms with Gasteiger partial charge in [0.25, 0.3) is 10.0 Å². The van der Waals surface area contributed by atoms with Gasteiger partial charge in [-0.1, -0.05) is 6.42 Å². The van der Waals surface area contributed by atoms with E-state index in [1.54, 1.807) is 12.4 Å². The number of piperidine rings is 1. The third kappa shape index (κ3) is 4.45. The number of likely N-dealkylation sites (tertiary alicyclic amines) is 1. The molecular formula is C18H18F2N6O2S2. The molecule has 1 aromatic carbocycles. The Hall–Kier alpha value is -2.57. The molecule has 0 spiro atoms. The zero-order chi connectivity index (χ0) is 21.1. The lowest BCUT2D eigenvalue weighted by molar-refractivity contribution is 0.138. The Kier molecular flexibility index (Phi) is 5.97. The molecule has 1 aliphatic rings. The fraction of sp³-hybridized carbons (Fsp3) is 0.333. The van der Waals surface area contributed by atoms with Gasteiger partial charge in [0.1, 0.15) is 22.9 Å². The molecule has 0 unspecified atom stereocenters. The zero-order valence-electron chi connectivity index (χ0n) is 15.7. The molecular weight excluding hydrogens is 434 g/mol. The van der Waals surface area contributed by atoms with Gasteiger partial charge in [-0.25, -0.2) is 22.2 Å². The largest absolute Gasteiger partial charge is 0.292 e. The van der Waals surface area contributed by atoms with Gasteiger partial charge < -0.3 is 0 Å². The van der Waals surface area contributed by atoms with Crippen molar-refractivity contribution in [1.29, 1.82) is 0 Å². The van der Waals surface area contributed by atoms with Crippen LogP contribution in [0.15, 0.2) is 41.8 Å². The third-order valence-corrected chi connectivity index (χ3v) is 7.02. The van der Waals surface area contributed by atoms with Crippen LogP contribution in [0.2, 0.25) is 0 Å². The van der Waals surface area contributed by atoms with Crippen molar-refractivity contribution in [2.24, 2.45) is 0 Å². The summed E-state index contributed by atoms with van der Waals surface area (Å²) in [7, 11) is -4.33. The van der Waals surface area contributed by atoms with Gasteiger partial charge in [0.15, 0.2) is 0 Å². The lowest BCUT2D eigenvalue weighted by atomic mass is 9.96. The van der Waals surface area contributed by atoms with Crippen LogP contribution in [0.1, 0.15) is 36.4 Å². The van der Waals surface area contributed by atoms with E-state index in [9.17, 15) is 17.2 Å². The van der Waals surface area contributed by atoms with Gasteiger partial charge in [-0.2, -0.15) is 14.6 Å². The van der Waals surface area contributed by atoms with Gasteiger partial charge in [0.05, 0.1) is 6.20 Å². The SMILES string of the molecule is O=S(=O)(Nc1ncns1)c1cc(F)c(CN2CCCC[C@H]2c2ccnnc2)cc1F. The summed E-state index contributed by atoms with van der Waals surface area (Å²) in [5.41, 5.74) is 1.06. The van der Waals surface area contributed by atoms with Crippen molar-refractivity contribution in [2.45, 2.75) is 36.7 Å². The molecule has 30 heavy (non-hydrogen) atoms. The Morgan fingerprint density at radius 2 is 2.07 bits per heavy atom.